The van der Waals surface area contributed by atoms with Crippen LogP contribution in [0.15, 0.2) is 6.07 Å². The van der Waals surface area contributed by atoms with Crippen molar-refractivity contribution in [2.45, 2.75) is 19.4 Å². The van der Waals surface area contributed by atoms with Crippen LogP contribution in [0.4, 0.5) is 22.0 Å². The number of halogens is 6. The smallest absolute Gasteiger partial charge is 0.392 e. The van der Waals surface area contributed by atoms with Gasteiger partial charge >= 0.3 is 6.36 Å². The highest BCUT2D eigenvalue weighted by atomic mass is 127. The van der Waals surface area contributed by atoms with E-state index in [-0.39, 0.29) is 9.13 Å². The van der Waals surface area contributed by atoms with Crippen LogP contribution in [0.2, 0.25) is 0 Å². The molecule has 17 heavy (non-hydrogen) atoms. The highest BCUT2D eigenvalue weighted by Crippen LogP contribution is 2.30. The lowest BCUT2D eigenvalue weighted by molar-refractivity contribution is -0.276. The van der Waals surface area contributed by atoms with Gasteiger partial charge in [-0.15, -0.1) is 13.2 Å². The van der Waals surface area contributed by atoms with E-state index in [1.807, 2.05) is 0 Å². The van der Waals surface area contributed by atoms with Gasteiger partial charge in [0.1, 0.15) is 5.69 Å². The van der Waals surface area contributed by atoms with Crippen LogP contribution in [0.3, 0.4) is 0 Å². The lowest BCUT2D eigenvalue weighted by Crippen LogP contribution is -2.19. The fourth-order valence-corrected chi connectivity index (χ4v) is 1.69. The van der Waals surface area contributed by atoms with Crippen LogP contribution >= 0.6 is 22.6 Å². The van der Waals surface area contributed by atoms with Crippen molar-refractivity contribution in [2.75, 3.05) is 0 Å². The summed E-state index contributed by atoms with van der Waals surface area (Å²) in [7, 11) is 0. The fourth-order valence-electron chi connectivity index (χ4n) is 1.01. The highest BCUT2D eigenvalue weighted by Gasteiger charge is 2.33. The molecule has 3 nitrogen and oxygen atoms in total. The van der Waals surface area contributed by atoms with E-state index < -0.39 is 31.0 Å². The molecule has 9 heteroatoms. The van der Waals surface area contributed by atoms with Crippen molar-refractivity contribution >= 4 is 22.6 Å². The monoisotopic (exact) mass is 369 g/mol. The summed E-state index contributed by atoms with van der Waals surface area (Å²) in [5.41, 5.74) is -0.952. The Morgan fingerprint density at radius 2 is 2.00 bits per heavy atom. The minimum atomic E-state index is -5.02. The van der Waals surface area contributed by atoms with Crippen LogP contribution in [0.5, 0.6) is 5.88 Å². The van der Waals surface area contributed by atoms with Gasteiger partial charge in [-0.2, -0.15) is 0 Å². The van der Waals surface area contributed by atoms with Crippen molar-refractivity contribution in [3.05, 3.63) is 20.9 Å². The van der Waals surface area contributed by atoms with Gasteiger partial charge in [0, 0.05) is 9.64 Å². The third-order valence-electron chi connectivity index (χ3n) is 1.63. The molecule has 0 aromatic carbocycles. The molecule has 0 unspecified atom stereocenters. The molecular formula is C8H5F5INO2. The zero-order valence-electron chi connectivity index (χ0n) is 7.93. The number of rotatable bonds is 3. The average Bonchev–Trinajstić information content (AvgIpc) is 2.17. The van der Waals surface area contributed by atoms with Crippen LogP contribution < -0.4 is 4.74 Å². The summed E-state index contributed by atoms with van der Waals surface area (Å²) in [5.74, 6) is -1.02. The molecule has 0 saturated heterocycles. The number of pyridine rings is 1. The number of aromatic nitrogens is 1. The van der Waals surface area contributed by atoms with Gasteiger partial charge < -0.3 is 9.84 Å². The minimum absolute atomic E-state index is 0.0883. The first kappa shape index (κ1) is 14.4. The van der Waals surface area contributed by atoms with Crippen molar-refractivity contribution in [1.82, 2.24) is 4.98 Å². The number of hydrogen-bond acceptors (Lipinski definition) is 3. The molecule has 0 fully saturated rings. The van der Waals surface area contributed by atoms with E-state index in [1.165, 1.54) is 22.6 Å². The molecule has 1 rings (SSSR count). The molecule has 0 aliphatic heterocycles. The van der Waals surface area contributed by atoms with E-state index in [0.717, 1.165) is 6.07 Å². The average molecular weight is 369 g/mol. The first-order chi connectivity index (χ1) is 7.74. The van der Waals surface area contributed by atoms with E-state index in [4.69, 9.17) is 5.11 Å². The van der Waals surface area contributed by atoms with Gasteiger partial charge in [-0.1, -0.05) is 0 Å². The topological polar surface area (TPSA) is 42.4 Å². The molecule has 1 N–H and O–H groups in total. The Bertz CT molecular complexity index is 410. The lowest BCUT2D eigenvalue weighted by Gasteiger charge is -2.12. The van der Waals surface area contributed by atoms with Crippen LogP contribution in [0, 0.1) is 3.57 Å². The summed E-state index contributed by atoms with van der Waals surface area (Å²) in [6.07, 6.45) is -8.07. The Labute approximate surface area is 106 Å². The second-order valence-electron chi connectivity index (χ2n) is 2.83. The molecule has 0 aliphatic rings. The predicted molar refractivity (Wildman–Crippen MR) is 54.5 cm³/mol. The van der Waals surface area contributed by atoms with Gasteiger partial charge in [0.25, 0.3) is 6.43 Å². The zero-order chi connectivity index (χ0) is 13.2. The van der Waals surface area contributed by atoms with Crippen LogP contribution in [-0.4, -0.2) is 16.5 Å². The Balaban J connectivity index is 3.21. The largest absolute Gasteiger partial charge is 0.574 e. The van der Waals surface area contributed by atoms with E-state index in [0.29, 0.717) is 0 Å². The molecule has 0 radical (unpaired) electrons. The summed E-state index contributed by atoms with van der Waals surface area (Å²) in [4.78, 5) is 3.05. The Kier molecular flexibility index (Phi) is 4.47. The third kappa shape index (κ3) is 3.91. The van der Waals surface area contributed by atoms with E-state index in [2.05, 4.69) is 9.72 Å². The second-order valence-corrected chi connectivity index (χ2v) is 3.90. The van der Waals surface area contributed by atoms with Gasteiger partial charge in [-0.05, 0) is 28.2 Å². The fraction of sp³-hybridized carbons (Fsp3) is 0.375. The van der Waals surface area contributed by atoms with E-state index in [9.17, 15) is 22.0 Å². The van der Waals surface area contributed by atoms with Crippen molar-refractivity contribution in [1.29, 1.82) is 0 Å². The maximum absolute atomic E-state index is 12.5. The standard InChI is InChI=1S/C8H5F5INO2/c9-7(10)6-5(14)3(2-16)1-4(15-6)17-8(11,12)13/h1,7,16H,2H2. The summed E-state index contributed by atoms with van der Waals surface area (Å²) in [6.45, 7) is -0.686. The molecule has 0 saturated carbocycles. The van der Waals surface area contributed by atoms with Crippen LogP contribution in [0.1, 0.15) is 17.7 Å². The Hall–Kier alpha value is -0.710. The molecule has 0 amide bonds. The Morgan fingerprint density at radius 1 is 1.41 bits per heavy atom. The molecule has 0 atom stereocenters. The summed E-state index contributed by atoms with van der Waals surface area (Å²) < 4.78 is 64.0. The lowest BCUT2D eigenvalue weighted by atomic mass is 10.2. The maximum Gasteiger partial charge on any atom is 0.574 e. The number of hydrogen-bond donors (Lipinski definition) is 1. The normalized spacial score (nSPS) is 12.0. The first-order valence-electron chi connectivity index (χ1n) is 4.08. The molecule has 0 spiro atoms. The van der Waals surface area contributed by atoms with E-state index in [1.54, 1.807) is 0 Å². The van der Waals surface area contributed by atoms with Crippen molar-refractivity contribution in [3.63, 3.8) is 0 Å². The van der Waals surface area contributed by atoms with Crippen molar-refractivity contribution in [3.8, 4) is 5.88 Å². The molecule has 0 bridgehead atoms. The SMILES string of the molecule is OCc1cc(OC(F)(F)F)nc(C(F)F)c1I. The van der Waals surface area contributed by atoms with Gasteiger partial charge in [0.05, 0.1) is 6.61 Å². The summed E-state index contributed by atoms with van der Waals surface area (Å²) in [5, 5.41) is 8.83. The Morgan fingerprint density at radius 3 is 2.41 bits per heavy atom. The highest BCUT2D eigenvalue weighted by molar-refractivity contribution is 14.1. The van der Waals surface area contributed by atoms with Crippen molar-refractivity contribution in [2.24, 2.45) is 0 Å². The number of nitrogens with zero attached hydrogens (tertiary/aromatic N) is 1. The predicted octanol–water partition coefficient (Wildman–Crippen LogP) is 3.01. The van der Waals surface area contributed by atoms with Gasteiger partial charge in [-0.3, -0.25) is 0 Å². The minimum Gasteiger partial charge on any atom is -0.392 e. The van der Waals surface area contributed by atoms with Gasteiger partial charge in [0.2, 0.25) is 5.88 Å². The number of ether oxygens (including phenoxy) is 1. The van der Waals surface area contributed by atoms with Gasteiger partial charge in [-0.25, -0.2) is 13.8 Å². The van der Waals surface area contributed by atoms with Crippen LogP contribution in [-0.2, 0) is 6.61 Å². The number of aliphatic hydroxyl groups excluding tert-OH is 1. The molecule has 0 aliphatic carbocycles. The molecule has 1 aromatic rings. The summed E-state index contributed by atoms with van der Waals surface area (Å²) in [6, 6.07) is 0.765. The van der Waals surface area contributed by atoms with Crippen LogP contribution in [0.25, 0.3) is 0 Å². The first-order valence-corrected chi connectivity index (χ1v) is 5.16. The third-order valence-corrected chi connectivity index (χ3v) is 2.88. The molecule has 1 heterocycles. The maximum atomic E-state index is 12.5. The van der Waals surface area contributed by atoms with Crippen molar-refractivity contribution < 1.29 is 31.8 Å². The second kappa shape index (κ2) is 5.29. The zero-order valence-corrected chi connectivity index (χ0v) is 10.1. The van der Waals surface area contributed by atoms with E-state index >= 15 is 0 Å². The van der Waals surface area contributed by atoms with Gasteiger partial charge in [0.15, 0.2) is 0 Å². The number of alkyl halides is 5. The number of aliphatic hydroxyl groups is 1. The quantitative estimate of drug-likeness (QED) is 0.658. The molecule has 1 aromatic heterocycles. The summed E-state index contributed by atoms with van der Waals surface area (Å²) >= 11 is 1.47. The molecule has 96 valence electrons. The molecular weight excluding hydrogens is 364 g/mol.